The van der Waals surface area contributed by atoms with Gasteiger partial charge in [0.15, 0.2) is 0 Å². The highest BCUT2D eigenvalue weighted by Crippen LogP contribution is 2.39. The topological polar surface area (TPSA) is 94.3 Å². The van der Waals surface area contributed by atoms with Crippen molar-refractivity contribution in [3.05, 3.63) is 144 Å². The van der Waals surface area contributed by atoms with Crippen LogP contribution in [0.5, 0.6) is 23.0 Å². The lowest BCUT2D eigenvalue weighted by atomic mass is 10.0. The Kier molecular flexibility index (Phi) is 9.44. The molecule has 12 heteroatoms. The quantitative estimate of drug-likeness (QED) is 0.185. The summed E-state index contributed by atoms with van der Waals surface area (Å²) in [6, 6.07) is 41.5. The van der Waals surface area contributed by atoms with Crippen LogP contribution in [0, 0.1) is 0 Å². The summed E-state index contributed by atoms with van der Waals surface area (Å²) in [5, 5.41) is 0. The van der Waals surface area contributed by atoms with Crippen molar-refractivity contribution in [2.45, 2.75) is 0 Å². The van der Waals surface area contributed by atoms with E-state index in [0.29, 0.717) is 41.9 Å². The fraction of sp³-hybridized carbons (Fsp3) is 0. The molecule has 7 aromatic rings. The standard InChI is InChI=1S/C44H38N4O4Si4/c53-49-29-9-1-25(2-10-29)41-33-17-19-35(45-33)42(26-3-11-30(50-54)12-4-26)37-21-23-39(47-37)44(28-7-15-32(52-56)16-8-28)40-24-22-38(48-40)43(36-20-18-34(41)46-36)27-5-13-31(51-55)14-6-27/h1-24,45,48H,53-56H3. The lowest BCUT2D eigenvalue weighted by Crippen LogP contribution is -1.91. The Hall–Kier alpha value is -6.45. The molecule has 2 N–H and O–H groups in total. The van der Waals surface area contributed by atoms with Crippen LogP contribution in [-0.4, -0.2) is 61.9 Å². The van der Waals surface area contributed by atoms with Crippen LogP contribution in [0.3, 0.4) is 0 Å². The van der Waals surface area contributed by atoms with E-state index in [-0.39, 0.29) is 0 Å². The number of aromatic nitrogens is 4. The molecule has 3 aromatic heterocycles. The largest absolute Gasteiger partial charge is 0.553 e. The molecule has 0 aliphatic carbocycles. The number of nitrogens with zero attached hydrogens (tertiary/aromatic N) is 2. The summed E-state index contributed by atoms with van der Waals surface area (Å²) in [4.78, 5) is 18.4. The molecule has 0 fully saturated rings. The van der Waals surface area contributed by atoms with Crippen LogP contribution in [0.15, 0.2) is 121 Å². The molecule has 2 aliphatic heterocycles. The highest BCUT2D eigenvalue weighted by atomic mass is 28.2. The number of rotatable bonds is 8. The number of benzene rings is 4. The van der Waals surface area contributed by atoms with Crippen LogP contribution < -0.4 is 17.7 Å². The molecule has 0 atom stereocenters. The minimum atomic E-state index is 0.616. The first-order valence-corrected chi connectivity index (χ1v) is 21.5. The first-order valence-electron chi connectivity index (χ1n) is 18.3. The average Bonchev–Trinajstić information content (AvgIpc) is 4.10. The fourth-order valence-electron chi connectivity index (χ4n) is 7.45. The van der Waals surface area contributed by atoms with Crippen LogP contribution in [-0.2, 0) is 0 Å². The molecule has 8 bridgehead atoms. The van der Waals surface area contributed by atoms with Crippen molar-refractivity contribution in [3.8, 4) is 67.5 Å². The van der Waals surface area contributed by atoms with Gasteiger partial charge in [0, 0.05) is 44.3 Å². The van der Waals surface area contributed by atoms with Crippen LogP contribution in [0.4, 0.5) is 0 Å². The number of hydrogen-bond acceptors (Lipinski definition) is 6. The van der Waals surface area contributed by atoms with Gasteiger partial charge in [-0.3, -0.25) is 0 Å². The summed E-state index contributed by atoms with van der Waals surface area (Å²) >= 11 is 0. The van der Waals surface area contributed by atoms with Crippen molar-refractivity contribution >= 4 is 88.3 Å². The molecule has 5 heterocycles. The third-order valence-corrected chi connectivity index (χ3v) is 12.2. The highest BCUT2D eigenvalue weighted by Gasteiger charge is 2.19. The summed E-state index contributed by atoms with van der Waals surface area (Å²) in [5.74, 6) is 3.39. The lowest BCUT2D eigenvalue weighted by molar-refractivity contribution is 0.616. The van der Waals surface area contributed by atoms with E-state index in [1.807, 2.05) is 48.5 Å². The van der Waals surface area contributed by atoms with Crippen molar-refractivity contribution in [1.82, 2.24) is 19.9 Å². The number of H-pyrrole nitrogens is 2. The average molecular weight is 799 g/mol. The molecule has 274 valence electrons. The normalized spacial score (nSPS) is 12.0. The number of fused-ring (bicyclic) bond motifs is 8. The maximum Gasteiger partial charge on any atom is 0.204 e. The number of hydrogen-bond donors (Lipinski definition) is 2. The molecular weight excluding hydrogens is 761 g/mol. The van der Waals surface area contributed by atoms with Crippen molar-refractivity contribution in [2.24, 2.45) is 0 Å². The second-order valence-electron chi connectivity index (χ2n) is 13.4. The van der Waals surface area contributed by atoms with Gasteiger partial charge >= 0.3 is 0 Å². The number of nitrogens with one attached hydrogen (secondary N) is 2. The molecule has 2 aliphatic rings. The summed E-state index contributed by atoms with van der Waals surface area (Å²) in [7, 11) is 2.46. The summed E-state index contributed by atoms with van der Waals surface area (Å²) in [6.45, 7) is 0. The molecule has 0 radical (unpaired) electrons. The van der Waals surface area contributed by atoms with E-state index in [0.717, 1.165) is 112 Å². The van der Waals surface area contributed by atoms with E-state index in [2.05, 4.69) is 107 Å². The third-order valence-electron chi connectivity index (χ3n) is 10.3. The molecule has 0 unspecified atom stereocenters. The zero-order valence-electron chi connectivity index (χ0n) is 31.4. The van der Waals surface area contributed by atoms with Crippen molar-refractivity contribution < 1.29 is 17.7 Å². The minimum Gasteiger partial charge on any atom is -0.553 e. The maximum absolute atomic E-state index is 5.68. The molecule has 9 rings (SSSR count). The predicted molar refractivity (Wildman–Crippen MR) is 243 cm³/mol. The second kappa shape index (κ2) is 15.0. The molecule has 8 nitrogen and oxygen atoms in total. The molecule has 0 saturated carbocycles. The lowest BCUT2D eigenvalue weighted by Gasteiger charge is -2.08. The van der Waals surface area contributed by atoms with Crippen molar-refractivity contribution in [1.29, 1.82) is 0 Å². The van der Waals surface area contributed by atoms with Gasteiger partial charge in [-0.15, -0.1) is 0 Å². The van der Waals surface area contributed by atoms with Gasteiger partial charge in [-0.25, -0.2) is 9.97 Å². The van der Waals surface area contributed by atoms with E-state index in [1.54, 1.807) is 0 Å². The van der Waals surface area contributed by atoms with Gasteiger partial charge in [-0.05, 0) is 119 Å². The summed E-state index contributed by atoms with van der Waals surface area (Å²) < 4.78 is 22.7. The third kappa shape index (κ3) is 6.54. The van der Waals surface area contributed by atoms with Gasteiger partial charge in [0.25, 0.3) is 0 Å². The monoisotopic (exact) mass is 798 g/mol. The SMILES string of the molecule is [SiH3]Oc1ccc(-c2c3nc(c(-c4ccc(O[SiH3])cc4)c4ccc([nH]4)c(-c4ccc(O[SiH3])cc4)c4nc(c(-c5ccc(O[SiH3])cc5)c5ccc2[nH]5)C=C4)C=C3)cc1. The smallest absolute Gasteiger partial charge is 0.204 e. The van der Waals surface area contributed by atoms with Crippen molar-refractivity contribution in [2.75, 3.05) is 0 Å². The van der Waals surface area contributed by atoms with Gasteiger partial charge in [0.2, 0.25) is 41.9 Å². The highest BCUT2D eigenvalue weighted by molar-refractivity contribution is 6.02. The summed E-state index contributed by atoms with van der Waals surface area (Å²) in [6.07, 6.45) is 8.44. The fourth-order valence-corrected chi connectivity index (χ4v) is 8.54. The van der Waals surface area contributed by atoms with Gasteiger partial charge in [0.05, 0.1) is 22.8 Å². The predicted octanol–water partition coefficient (Wildman–Crippen LogP) is 5.96. The Morgan fingerprint density at radius 2 is 0.518 bits per heavy atom. The van der Waals surface area contributed by atoms with Crippen LogP contribution >= 0.6 is 0 Å². The second-order valence-corrected chi connectivity index (χ2v) is 15.0. The zero-order valence-corrected chi connectivity index (χ0v) is 39.4. The van der Waals surface area contributed by atoms with Gasteiger partial charge in [-0.1, -0.05) is 48.5 Å². The van der Waals surface area contributed by atoms with E-state index in [1.165, 1.54) is 0 Å². The van der Waals surface area contributed by atoms with E-state index < -0.39 is 0 Å². The van der Waals surface area contributed by atoms with E-state index in [4.69, 9.17) is 27.7 Å². The molecule has 0 spiro atoms. The van der Waals surface area contributed by atoms with Gasteiger partial charge < -0.3 is 27.7 Å². The molecule has 56 heavy (non-hydrogen) atoms. The first kappa shape index (κ1) is 35.3. The Morgan fingerprint density at radius 1 is 0.304 bits per heavy atom. The maximum atomic E-state index is 5.68. The molecule has 4 aromatic carbocycles. The molecule has 0 amide bonds. The van der Waals surface area contributed by atoms with Crippen LogP contribution in [0.2, 0.25) is 0 Å². The first-order chi connectivity index (χ1) is 27.5. The Bertz CT molecular complexity index is 2450. The molecular formula is C44H38N4O4Si4. The van der Waals surface area contributed by atoms with Crippen molar-refractivity contribution in [3.63, 3.8) is 0 Å². The van der Waals surface area contributed by atoms with Gasteiger partial charge in [0.1, 0.15) is 23.0 Å². The Balaban J connectivity index is 1.44. The van der Waals surface area contributed by atoms with Gasteiger partial charge in [-0.2, -0.15) is 0 Å². The summed E-state index contributed by atoms with van der Waals surface area (Å²) in [5.41, 5.74) is 15.1. The Morgan fingerprint density at radius 3 is 0.714 bits per heavy atom. The van der Waals surface area contributed by atoms with E-state index >= 15 is 0 Å². The number of aromatic amines is 2. The Labute approximate surface area is 336 Å². The molecule has 0 saturated heterocycles. The minimum absolute atomic E-state index is 0.616. The van der Waals surface area contributed by atoms with Crippen LogP contribution in [0.25, 0.3) is 90.9 Å². The van der Waals surface area contributed by atoms with Crippen LogP contribution in [0.1, 0.15) is 22.8 Å². The van der Waals surface area contributed by atoms with E-state index in [9.17, 15) is 0 Å². The zero-order chi connectivity index (χ0) is 38.2.